The average molecular weight is 1060 g/mol. The summed E-state index contributed by atoms with van der Waals surface area (Å²) in [5, 5.41) is 36.4. The van der Waals surface area contributed by atoms with Crippen molar-refractivity contribution < 1.29 is 0 Å². The van der Waals surface area contributed by atoms with E-state index in [0.717, 1.165) is 119 Å². The molecule has 5 nitrogen and oxygen atoms in total. The molecule has 0 bridgehead atoms. The van der Waals surface area contributed by atoms with Crippen LogP contribution >= 0.6 is 22.7 Å². The maximum absolute atomic E-state index is 12.7. The minimum Gasteiger partial charge on any atom is -0.306 e. The molecule has 0 saturated carbocycles. The van der Waals surface area contributed by atoms with Crippen molar-refractivity contribution in [2.24, 2.45) is 0 Å². The molecule has 0 aliphatic rings. The molecule has 0 atom stereocenters. The predicted octanol–water partition coefficient (Wildman–Crippen LogP) is 20.5. The van der Waals surface area contributed by atoms with Crippen molar-refractivity contribution in [2.75, 3.05) is 0 Å². The summed E-state index contributed by atoms with van der Waals surface area (Å²) in [6.45, 7) is 0. The smallest absolute Gasteiger partial charge is 0.104 e. The third-order valence-electron chi connectivity index (χ3n) is 16.7. The Hall–Kier alpha value is -10.5. The Kier molecular flexibility index (Phi) is 9.82. The summed E-state index contributed by atoms with van der Waals surface area (Å²) in [4.78, 5) is 0. The van der Waals surface area contributed by atoms with Gasteiger partial charge in [-0.3, -0.25) is 0 Å². The number of hydrogen-bond donors (Lipinski definition) is 0. The highest BCUT2D eigenvalue weighted by Gasteiger charge is 2.34. The van der Waals surface area contributed by atoms with Crippen LogP contribution in [0.1, 0.15) is 11.1 Å². The Bertz CT molecular complexity index is 5280. The Balaban J connectivity index is 1.15. The molecule has 0 unspecified atom stereocenters. The van der Waals surface area contributed by atoms with Gasteiger partial charge in [0, 0.05) is 68.8 Å². The molecule has 0 aliphatic heterocycles. The highest BCUT2D eigenvalue weighted by Crippen LogP contribution is 2.52. The fraction of sp³-hybridized carbons (Fsp3) is 0. The number of hydrogen-bond acceptors (Lipinski definition) is 4. The van der Waals surface area contributed by atoms with E-state index in [1.807, 2.05) is 18.2 Å². The number of thiophene rings is 2. The Labute approximate surface area is 472 Å². The minimum atomic E-state index is 0.390. The molecule has 0 aliphatic carbocycles. The number of para-hydroxylation sites is 2. The summed E-state index contributed by atoms with van der Waals surface area (Å²) in [6.07, 6.45) is 0. The molecule has 0 amide bonds. The fourth-order valence-corrected chi connectivity index (χ4v) is 15.8. The molecule has 17 rings (SSSR count). The zero-order chi connectivity index (χ0) is 53.4. The lowest BCUT2D eigenvalue weighted by Crippen LogP contribution is -2.14. The molecule has 374 valence electrons. The molecule has 0 spiro atoms. The largest absolute Gasteiger partial charge is 0.306 e. The van der Waals surface area contributed by atoms with Gasteiger partial charge in [0.2, 0.25) is 0 Å². The first-order chi connectivity index (χ1) is 40.1. The van der Waals surface area contributed by atoms with Gasteiger partial charge >= 0.3 is 0 Å². The van der Waals surface area contributed by atoms with E-state index in [0.29, 0.717) is 28.2 Å². The molecular formula is C74H41N5S2. The van der Waals surface area contributed by atoms with E-state index in [1.54, 1.807) is 22.7 Å². The van der Waals surface area contributed by atoms with E-state index in [4.69, 9.17) is 0 Å². The van der Waals surface area contributed by atoms with Crippen LogP contribution in [0.3, 0.4) is 0 Å². The van der Waals surface area contributed by atoms with E-state index in [-0.39, 0.29) is 0 Å². The lowest BCUT2D eigenvalue weighted by molar-refractivity contribution is 1.08. The van der Waals surface area contributed by atoms with Crippen molar-refractivity contribution in [1.29, 1.82) is 10.5 Å². The van der Waals surface area contributed by atoms with Gasteiger partial charge in [-0.25, -0.2) is 0 Å². The standard InChI is InChI=1S/C74H41N5S2/c75-42-59-68(77-63-38-32-47(44-18-4-1-5-19-44)40-57(63)58-41-48(33-39-64(58)77)45-20-6-2-7-21-45)60(43-76)70(79-62-29-15-11-25-50(62)54-35-37-56-52-27-13-17-31-66(52)81-74(56)72(54)79)67(46-22-8-3-9-23-46)69(59)78-61-28-14-10-24-49(61)53-34-36-55-51-26-12-16-30-65(51)80-73(55)71(53)78/h1-41H. The fourth-order valence-electron chi connectivity index (χ4n) is 13.3. The molecule has 81 heavy (non-hydrogen) atoms. The highest BCUT2D eigenvalue weighted by molar-refractivity contribution is 7.27. The number of rotatable bonds is 6. The van der Waals surface area contributed by atoms with Gasteiger partial charge in [0.05, 0.1) is 59.6 Å². The maximum atomic E-state index is 12.7. The van der Waals surface area contributed by atoms with Gasteiger partial charge in [-0.2, -0.15) is 10.5 Å². The second kappa shape index (κ2) is 17.5. The zero-order valence-electron chi connectivity index (χ0n) is 43.2. The molecule has 0 radical (unpaired) electrons. The summed E-state index contributed by atoms with van der Waals surface area (Å²) in [5.41, 5.74) is 14.4. The first kappa shape index (κ1) is 45.5. The summed E-state index contributed by atoms with van der Waals surface area (Å²) in [7, 11) is 0. The lowest BCUT2D eigenvalue weighted by Gasteiger charge is -2.26. The summed E-state index contributed by atoms with van der Waals surface area (Å²) >= 11 is 3.57. The molecule has 12 aromatic carbocycles. The van der Waals surface area contributed by atoms with Crippen LogP contribution in [0.15, 0.2) is 249 Å². The molecule has 0 fully saturated rings. The van der Waals surface area contributed by atoms with Crippen molar-refractivity contribution >= 4 is 128 Å². The first-order valence-corrected chi connectivity index (χ1v) is 28.7. The maximum Gasteiger partial charge on any atom is 0.104 e. The Morgan fingerprint density at radius 1 is 0.272 bits per heavy atom. The summed E-state index contributed by atoms with van der Waals surface area (Å²) in [5.74, 6) is 0. The normalized spacial score (nSPS) is 11.9. The third-order valence-corrected chi connectivity index (χ3v) is 19.1. The number of fused-ring (bicyclic) bond motifs is 17. The summed E-state index contributed by atoms with van der Waals surface area (Å²) in [6, 6.07) is 94.3. The van der Waals surface area contributed by atoms with Crippen molar-refractivity contribution in [3.8, 4) is 62.6 Å². The van der Waals surface area contributed by atoms with E-state index in [2.05, 4.69) is 256 Å². The van der Waals surface area contributed by atoms with Gasteiger partial charge in [0.1, 0.15) is 23.3 Å². The molecule has 5 aromatic heterocycles. The van der Waals surface area contributed by atoms with Gasteiger partial charge in [-0.1, -0.05) is 200 Å². The van der Waals surface area contributed by atoms with Gasteiger partial charge in [-0.15, -0.1) is 22.7 Å². The van der Waals surface area contributed by atoms with Crippen LogP contribution < -0.4 is 0 Å². The highest BCUT2D eigenvalue weighted by atomic mass is 32.1. The zero-order valence-corrected chi connectivity index (χ0v) is 44.9. The predicted molar refractivity (Wildman–Crippen MR) is 341 cm³/mol. The average Bonchev–Trinajstić information content (AvgIpc) is 4.49. The van der Waals surface area contributed by atoms with Crippen LogP contribution in [-0.2, 0) is 0 Å². The molecular weight excluding hydrogens is 1020 g/mol. The van der Waals surface area contributed by atoms with Crippen molar-refractivity contribution in [3.63, 3.8) is 0 Å². The summed E-state index contributed by atoms with van der Waals surface area (Å²) < 4.78 is 11.6. The first-order valence-electron chi connectivity index (χ1n) is 27.1. The number of aromatic nitrogens is 3. The van der Waals surface area contributed by atoms with Gasteiger partial charge in [0.15, 0.2) is 0 Å². The van der Waals surface area contributed by atoms with Gasteiger partial charge < -0.3 is 13.7 Å². The number of nitriles is 2. The van der Waals surface area contributed by atoms with Gasteiger partial charge in [0.25, 0.3) is 0 Å². The van der Waals surface area contributed by atoms with Crippen LogP contribution in [0.25, 0.3) is 156 Å². The van der Waals surface area contributed by atoms with Crippen LogP contribution in [0.5, 0.6) is 0 Å². The molecule has 0 saturated heterocycles. The lowest BCUT2D eigenvalue weighted by atomic mass is 9.91. The number of benzene rings is 12. The van der Waals surface area contributed by atoms with Gasteiger partial charge in [-0.05, 0) is 76.3 Å². The molecule has 5 heterocycles. The number of nitrogens with zero attached hydrogens (tertiary/aromatic N) is 5. The third kappa shape index (κ3) is 6.45. The van der Waals surface area contributed by atoms with Crippen LogP contribution in [0.2, 0.25) is 0 Å². The second-order valence-electron chi connectivity index (χ2n) is 20.9. The Morgan fingerprint density at radius 3 is 1.09 bits per heavy atom. The SMILES string of the molecule is N#Cc1c(-n2c3ccc(-c4ccccc4)cc3c3cc(-c4ccccc4)ccc32)c(C#N)c(-n2c3ccccc3c3ccc4c5ccccc5sc4c32)c(-c2ccccc2)c1-n1c2ccccc2c2ccc3c4ccccc4sc3c21. The monoisotopic (exact) mass is 1060 g/mol. The Morgan fingerprint density at radius 2 is 0.642 bits per heavy atom. The van der Waals surface area contributed by atoms with Crippen LogP contribution in [-0.4, -0.2) is 13.7 Å². The van der Waals surface area contributed by atoms with E-state index in [9.17, 15) is 10.5 Å². The topological polar surface area (TPSA) is 62.4 Å². The van der Waals surface area contributed by atoms with E-state index >= 15 is 0 Å². The quantitative estimate of drug-likeness (QED) is 0.167. The van der Waals surface area contributed by atoms with E-state index in [1.165, 1.54) is 20.2 Å². The van der Waals surface area contributed by atoms with Crippen LogP contribution in [0, 0.1) is 22.7 Å². The van der Waals surface area contributed by atoms with Crippen molar-refractivity contribution in [1.82, 2.24) is 13.7 Å². The van der Waals surface area contributed by atoms with E-state index < -0.39 is 0 Å². The van der Waals surface area contributed by atoms with Crippen molar-refractivity contribution in [2.45, 2.75) is 0 Å². The molecule has 0 N–H and O–H groups in total. The molecule has 17 aromatic rings. The van der Waals surface area contributed by atoms with Crippen molar-refractivity contribution in [3.05, 3.63) is 260 Å². The molecule has 7 heteroatoms. The minimum absolute atomic E-state index is 0.390. The van der Waals surface area contributed by atoms with Crippen LogP contribution in [0.4, 0.5) is 0 Å². The second-order valence-corrected chi connectivity index (χ2v) is 23.0.